The Morgan fingerprint density at radius 3 is 3.21 bits per heavy atom. The van der Waals surface area contributed by atoms with Crippen LogP contribution in [0.5, 0.6) is 0 Å². The highest BCUT2D eigenvalue weighted by Gasteiger charge is 2.00. The molecular formula is C8H13N3O3. The molecule has 0 spiro atoms. The van der Waals surface area contributed by atoms with E-state index in [2.05, 4.69) is 20.0 Å². The zero-order chi connectivity index (χ0) is 10.2. The third-order valence-electron chi connectivity index (χ3n) is 1.54. The first-order valence-corrected chi connectivity index (χ1v) is 4.31. The minimum atomic E-state index is -0.515. The molecule has 0 aliphatic carbocycles. The molecule has 1 heterocycles. The molecule has 0 aliphatic rings. The smallest absolute Gasteiger partial charge is 0.407 e. The predicted molar refractivity (Wildman–Crippen MR) is 48.7 cm³/mol. The van der Waals surface area contributed by atoms with Crippen LogP contribution in [0.4, 0.5) is 4.79 Å². The van der Waals surface area contributed by atoms with Gasteiger partial charge in [0.2, 0.25) is 0 Å². The fraction of sp³-hybridized carbons (Fsp3) is 0.500. The van der Waals surface area contributed by atoms with E-state index >= 15 is 0 Å². The van der Waals surface area contributed by atoms with Gasteiger partial charge in [0.15, 0.2) is 0 Å². The van der Waals surface area contributed by atoms with Crippen LogP contribution < -0.4 is 5.32 Å². The minimum Gasteiger partial charge on any atom is -0.447 e. The van der Waals surface area contributed by atoms with Crippen molar-refractivity contribution in [1.82, 2.24) is 15.3 Å². The lowest BCUT2D eigenvalue weighted by atomic mass is 10.3. The maximum absolute atomic E-state index is 10.9. The number of aromatic amines is 1. The fourth-order valence-corrected chi connectivity index (χ4v) is 0.910. The molecule has 1 amide bonds. The number of ether oxygens (including phenoxy) is 1. The Morgan fingerprint density at radius 1 is 1.71 bits per heavy atom. The van der Waals surface area contributed by atoms with Crippen LogP contribution in [0.2, 0.25) is 0 Å². The molecule has 0 unspecified atom stereocenters. The summed E-state index contributed by atoms with van der Waals surface area (Å²) in [4.78, 5) is 17.6. The number of nitrogens with zero attached hydrogens (tertiary/aromatic N) is 1. The summed E-state index contributed by atoms with van der Waals surface area (Å²) in [6.07, 6.45) is 3.44. The summed E-state index contributed by atoms with van der Waals surface area (Å²) in [6.45, 7) is 0.344. The minimum absolute atomic E-state index is 0.0237. The van der Waals surface area contributed by atoms with Crippen molar-refractivity contribution in [3.63, 3.8) is 0 Å². The first-order valence-electron chi connectivity index (χ1n) is 4.31. The van der Waals surface area contributed by atoms with Crippen molar-refractivity contribution in [3.8, 4) is 0 Å². The molecule has 1 aromatic heterocycles. The van der Waals surface area contributed by atoms with E-state index in [1.807, 2.05) is 0 Å². The Hall–Kier alpha value is -1.56. The van der Waals surface area contributed by atoms with E-state index in [4.69, 9.17) is 5.11 Å². The summed E-state index contributed by atoms with van der Waals surface area (Å²) in [5.41, 5.74) is 0.951. The zero-order valence-electron chi connectivity index (χ0n) is 7.69. The second-order valence-electron chi connectivity index (χ2n) is 2.61. The summed E-state index contributed by atoms with van der Waals surface area (Å²) in [5.74, 6) is 0. The van der Waals surface area contributed by atoms with Crippen LogP contribution in [0.3, 0.4) is 0 Å². The molecule has 0 bridgehead atoms. The summed E-state index contributed by atoms with van der Waals surface area (Å²) >= 11 is 0. The molecule has 0 fully saturated rings. The first-order chi connectivity index (χ1) is 6.83. The van der Waals surface area contributed by atoms with E-state index in [9.17, 15) is 4.79 Å². The molecule has 6 heteroatoms. The SMILES string of the molecule is O=C(NCCc1cnc[nH]1)OCCO. The first kappa shape index (κ1) is 10.5. The Morgan fingerprint density at radius 2 is 2.57 bits per heavy atom. The highest BCUT2D eigenvalue weighted by Crippen LogP contribution is 1.90. The fourth-order valence-electron chi connectivity index (χ4n) is 0.910. The Balaban J connectivity index is 2.06. The van der Waals surface area contributed by atoms with E-state index in [1.165, 1.54) is 0 Å². The average molecular weight is 199 g/mol. The summed E-state index contributed by atoms with van der Waals surface area (Å²) in [5, 5.41) is 10.9. The average Bonchev–Trinajstić information content (AvgIpc) is 2.67. The molecule has 0 aliphatic heterocycles. The van der Waals surface area contributed by atoms with Crippen molar-refractivity contribution < 1.29 is 14.6 Å². The van der Waals surface area contributed by atoms with Crippen LogP contribution in [0.1, 0.15) is 5.69 Å². The van der Waals surface area contributed by atoms with Gasteiger partial charge in [0, 0.05) is 24.9 Å². The Labute approximate surface area is 81.3 Å². The van der Waals surface area contributed by atoms with Gasteiger partial charge in [0.25, 0.3) is 0 Å². The molecule has 14 heavy (non-hydrogen) atoms. The number of carbonyl (C=O) groups is 1. The van der Waals surface area contributed by atoms with E-state index in [0.29, 0.717) is 13.0 Å². The lowest BCUT2D eigenvalue weighted by molar-refractivity contribution is 0.119. The molecular weight excluding hydrogens is 186 g/mol. The molecule has 1 aromatic rings. The van der Waals surface area contributed by atoms with Crippen molar-refractivity contribution in [1.29, 1.82) is 0 Å². The number of rotatable bonds is 5. The van der Waals surface area contributed by atoms with Crippen LogP contribution >= 0.6 is 0 Å². The molecule has 6 nitrogen and oxygen atoms in total. The number of aromatic nitrogens is 2. The van der Waals surface area contributed by atoms with Gasteiger partial charge in [0.05, 0.1) is 12.9 Å². The molecule has 0 saturated carbocycles. The van der Waals surface area contributed by atoms with Crippen molar-refractivity contribution in [2.75, 3.05) is 19.8 Å². The van der Waals surface area contributed by atoms with Crippen molar-refractivity contribution in [3.05, 3.63) is 18.2 Å². The molecule has 78 valence electrons. The second kappa shape index (κ2) is 5.98. The lowest BCUT2D eigenvalue weighted by Gasteiger charge is -2.04. The normalized spacial score (nSPS) is 9.79. The molecule has 1 rings (SSSR count). The number of aliphatic hydroxyl groups excluding tert-OH is 1. The zero-order valence-corrected chi connectivity index (χ0v) is 7.69. The largest absolute Gasteiger partial charge is 0.447 e. The van der Waals surface area contributed by atoms with Gasteiger partial charge in [0.1, 0.15) is 6.61 Å². The van der Waals surface area contributed by atoms with Gasteiger partial charge >= 0.3 is 6.09 Å². The number of carbonyl (C=O) groups excluding carboxylic acids is 1. The van der Waals surface area contributed by atoms with Crippen LogP contribution in [-0.4, -0.2) is 40.9 Å². The summed E-state index contributed by atoms with van der Waals surface area (Å²) in [6, 6.07) is 0. The number of alkyl carbamates (subject to hydrolysis) is 1. The second-order valence-corrected chi connectivity index (χ2v) is 2.61. The van der Waals surface area contributed by atoms with Gasteiger partial charge in [-0.3, -0.25) is 0 Å². The number of aliphatic hydroxyl groups is 1. The molecule has 0 saturated heterocycles. The molecule has 3 N–H and O–H groups in total. The maximum atomic E-state index is 10.9. The highest BCUT2D eigenvalue weighted by atomic mass is 16.6. The number of imidazole rings is 1. The lowest BCUT2D eigenvalue weighted by Crippen LogP contribution is -2.27. The third-order valence-corrected chi connectivity index (χ3v) is 1.54. The van der Waals surface area contributed by atoms with Gasteiger partial charge in [-0.15, -0.1) is 0 Å². The van der Waals surface area contributed by atoms with E-state index in [1.54, 1.807) is 12.5 Å². The van der Waals surface area contributed by atoms with Crippen molar-refractivity contribution in [2.24, 2.45) is 0 Å². The standard InChI is InChI=1S/C8H13N3O3/c12-3-4-14-8(13)10-2-1-7-5-9-6-11-7/h5-6,12H,1-4H2,(H,9,11)(H,10,13). The van der Waals surface area contributed by atoms with E-state index in [-0.39, 0.29) is 13.2 Å². The Bertz CT molecular complexity index is 261. The van der Waals surface area contributed by atoms with Gasteiger partial charge in [-0.25, -0.2) is 9.78 Å². The quantitative estimate of drug-likeness (QED) is 0.606. The van der Waals surface area contributed by atoms with Crippen molar-refractivity contribution >= 4 is 6.09 Å². The maximum Gasteiger partial charge on any atom is 0.407 e. The number of hydrogen-bond donors (Lipinski definition) is 3. The van der Waals surface area contributed by atoms with E-state index in [0.717, 1.165) is 5.69 Å². The van der Waals surface area contributed by atoms with Crippen LogP contribution in [0, 0.1) is 0 Å². The van der Waals surface area contributed by atoms with Gasteiger partial charge in [-0.2, -0.15) is 0 Å². The van der Waals surface area contributed by atoms with Gasteiger partial charge < -0.3 is 20.1 Å². The van der Waals surface area contributed by atoms with Gasteiger partial charge in [-0.1, -0.05) is 0 Å². The third kappa shape index (κ3) is 3.90. The monoisotopic (exact) mass is 199 g/mol. The summed E-state index contributed by atoms with van der Waals surface area (Å²) in [7, 11) is 0. The van der Waals surface area contributed by atoms with Crippen LogP contribution in [-0.2, 0) is 11.2 Å². The molecule has 0 atom stereocenters. The number of hydrogen-bond acceptors (Lipinski definition) is 4. The van der Waals surface area contributed by atoms with Gasteiger partial charge in [-0.05, 0) is 0 Å². The number of amides is 1. The van der Waals surface area contributed by atoms with E-state index < -0.39 is 6.09 Å². The van der Waals surface area contributed by atoms with Crippen LogP contribution in [0.25, 0.3) is 0 Å². The molecule has 0 aromatic carbocycles. The highest BCUT2D eigenvalue weighted by molar-refractivity contribution is 5.67. The number of H-pyrrole nitrogens is 1. The van der Waals surface area contributed by atoms with Crippen LogP contribution in [0.15, 0.2) is 12.5 Å². The van der Waals surface area contributed by atoms with Crippen molar-refractivity contribution in [2.45, 2.75) is 6.42 Å². The number of nitrogens with one attached hydrogen (secondary N) is 2. The topological polar surface area (TPSA) is 87.2 Å². The Kier molecular flexibility index (Phi) is 4.49. The summed E-state index contributed by atoms with van der Waals surface area (Å²) < 4.78 is 4.58. The molecule has 0 radical (unpaired) electrons. The predicted octanol–water partition coefficient (Wildman–Crippen LogP) is -0.329.